The topological polar surface area (TPSA) is 99.7 Å². The zero-order chi connectivity index (χ0) is 23.6. The summed E-state index contributed by atoms with van der Waals surface area (Å²) in [5.41, 5.74) is 1.33. The Morgan fingerprint density at radius 1 is 1.15 bits per heavy atom. The molecule has 0 saturated heterocycles. The largest absolute Gasteiger partial charge is 0.333 e. The molecule has 2 aromatic heterocycles. The van der Waals surface area contributed by atoms with Crippen LogP contribution in [0.15, 0.2) is 46.7 Å². The van der Waals surface area contributed by atoms with Gasteiger partial charge in [0.2, 0.25) is 10.0 Å². The fourth-order valence-corrected chi connectivity index (χ4v) is 6.75. The zero-order valence-corrected chi connectivity index (χ0v) is 20.7. The summed E-state index contributed by atoms with van der Waals surface area (Å²) in [6.45, 7) is 5.28. The summed E-state index contributed by atoms with van der Waals surface area (Å²) in [5, 5.41) is 5.20. The summed E-state index contributed by atoms with van der Waals surface area (Å²) < 4.78 is 26.7. The van der Waals surface area contributed by atoms with E-state index in [1.165, 1.54) is 39.1 Å². The van der Waals surface area contributed by atoms with Crippen LogP contribution in [0.25, 0.3) is 0 Å². The summed E-state index contributed by atoms with van der Waals surface area (Å²) in [5.74, 6) is -0.353. The van der Waals surface area contributed by atoms with Gasteiger partial charge in [0.15, 0.2) is 5.13 Å². The lowest BCUT2D eigenvalue weighted by molar-refractivity contribution is 0.0736. The van der Waals surface area contributed by atoms with Crippen molar-refractivity contribution < 1.29 is 18.0 Å². The van der Waals surface area contributed by atoms with Crippen LogP contribution in [0.1, 0.15) is 44.4 Å². The van der Waals surface area contributed by atoms with E-state index in [-0.39, 0.29) is 16.7 Å². The predicted molar refractivity (Wildman–Crippen MR) is 129 cm³/mol. The summed E-state index contributed by atoms with van der Waals surface area (Å²) in [6, 6.07) is 9.68. The average molecular weight is 505 g/mol. The van der Waals surface area contributed by atoms with Crippen LogP contribution in [0, 0.1) is 0 Å². The highest BCUT2D eigenvalue weighted by Crippen LogP contribution is 2.30. The number of amides is 2. The van der Waals surface area contributed by atoms with E-state index >= 15 is 0 Å². The van der Waals surface area contributed by atoms with Gasteiger partial charge in [-0.1, -0.05) is 31.3 Å². The Hall–Kier alpha value is -2.60. The van der Waals surface area contributed by atoms with E-state index in [9.17, 15) is 18.0 Å². The second-order valence-electron chi connectivity index (χ2n) is 7.41. The molecule has 0 fully saturated rings. The SMILES string of the molecule is CCN(CC)S(=O)(=O)c1ccc(C(=O)N2CCc3nc(NC(=O)c4cccs4)sc3C2)cc1. The van der Waals surface area contributed by atoms with Crippen molar-refractivity contribution in [3.63, 3.8) is 0 Å². The Balaban J connectivity index is 1.45. The first-order valence-corrected chi connectivity index (χ1v) is 13.7. The molecule has 1 aliphatic rings. The number of carbonyl (C=O) groups excluding carboxylic acids is 2. The van der Waals surface area contributed by atoms with Crippen molar-refractivity contribution in [3.8, 4) is 0 Å². The molecule has 0 saturated carbocycles. The first-order chi connectivity index (χ1) is 15.8. The summed E-state index contributed by atoms with van der Waals surface area (Å²) in [4.78, 5) is 33.3. The number of fused-ring (bicyclic) bond motifs is 1. The highest BCUT2D eigenvalue weighted by molar-refractivity contribution is 7.89. The highest BCUT2D eigenvalue weighted by Gasteiger charge is 2.27. The molecule has 174 valence electrons. The van der Waals surface area contributed by atoms with Crippen molar-refractivity contribution >= 4 is 49.6 Å². The number of nitrogens with zero attached hydrogens (tertiary/aromatic N) is 3. The lowest BCUT2D eigenvalue weighted by Crippen LogP contribution is -2.35. The minimum Gasteiger partial charge on any atom is -0.333 e. The quantitative estimate of drug-likeness (QED) is 0.529. The number of rotatable bonds is 7. The Kier molecular flexibility index (Phi) is 6.94. The molecule has 4 rings (SSSR count). The number of carbonyl (C=O) groups is 2. The fourth-order valence-electron chi connectivity index (χ4n) is 3.65. The van der Waals surface area contributed by atoms with E-state index in [0.717, 1.165) is 10.6 Å². The number of anilines is 1. The van der Waals surface area contributed by atoms with Gasteiger partial charge in [0, 0.05) is 36.5 Å². The lowest BCUT2D eigenvalue weighted by atomic mass is 10.1. The van der Waals surface area contributed by atoms with Crippen LogP contribution in [0.2, 0.25) is 0 Å². The predicted octanol–water partition coefficient (Wildman–Crippen LogP) is 3.69. The number of hydrogen-bond acceptors (Lipinski definition) is 7. The van der Waals surface area contributed by atoms with Gasteiger partial charge in [-0.25, -0.2) is 13.4 Å². The van der Waals surface area contributed by atoms with Crippen LogP contribution in [0.3, 0.4) is 0 Å². The van der Waals surface area contributed by atoms with Crippen LogP contribution >= 0.6 is 22.7 Å². The molecule has 0 spiro atoms. The summed E-state index contributed by atoms with van der Waals surface area (Å²) >= 11 is 2.74. The molecule has 11 heteroatoms. The number of thiophene rings is 1. The lowest BCUT2D eigenvalue weighted by Gasteiger charge is -2.26. The fraction of sp³-hybridized carbons (Fsp3) is 0.318. The molecule has 0 bridgehead atoms. The molecule has 1 aromatic carbocycles. The third-order valence-electron chi connectivity index (χ3n) is 5.43. The Bertz CT molecular complexity index is 1250. The van der Waals surface area contributed by atoms with Crippen molar-refractivity contribution in [1.82, 2.24) is 14.2 Å². The Labute approximate surface area is 200 Å². The molecular formula is C22H24N4O4S3. The number of nitrogens with one attached hydrogen (secondary N) is 1. The normalized spacial score (nSPS) is 13.7. The van der Waals surface area contributed by atoms with E-state index in [1.54, 1.807) is 36.9 Å². The first kappa shape index (κ1) is 23.6. The summed E-state index contributed by atoms with van der Waals surface area (Å²) in [7, 11) is -3.56. The van der Waals surface area contributed by atoms with E-state index in [0.29, 0.717) is 48.2 Å². The monoisotopic (exact) mass is 504 g/mol. The van der Waals surface area contributed by atoms with Gasteiger partial charge in [-0.2, -0.15) is 4.31 Å². The zero-order valence-electron chi connectivity index (χ0n) is 18.3. The van der Waals surface area contributed by atoms with Gasteiger partial charge in [-0.15, -0.1) is 11.3 Å². The van der Waals surface area contributed by atoms with Crippen molar-refractivity contribution in [2.45, 2.75) is 31.7 Å². The van der Waals surface area contributed by atoms with Gasteiger partial charge >= 0.3 is 0 Å². The van der Waals surface area contributed by atoms with Gasteiger partial charge in [0.1, 0.15) is 0 Å². The van der Waals surface area contributed by atoms with Gasteiger partial charge in [0.25, 0.3) is 11.8 Å². The van der Waals surface area contributed by atoms with Crippen LogP contribution in [0.4, 0.5) is 5.13 Å². The maximum atomic E-state index is 13.0. The number of benzene rings is 1. The maximum absolute atomic E-state index is 13.0. The van der Waals surface area contributed by atoms with E-state index in [1.807, 2.05) is 11.4 Å². The molecule has 0 aliphatic carbocycles. The minimum atomic E-state index is -3.56. The Morgan fingerprint density at radius 3 is 2.52 bits per heavy atom. The van der Waals surface area contributed by atoms with Gasteiger partial charge in [-0.3, -0.25) is 14.9 Å². The molecular weight excluding hydrogens is 480 g/mol. The number of aromatic nitrogens is 1. The molecule has 0 atom stereocenters. The molecule has 0 unspecified atom stereocenters. The molecule has 1 N–H and O–H groups in total. The molecule has 3 heterocycles. The molecule has 0 radical (unpaired) electrons. The van der Waals surface area contributed by atoms with Crippen molar-refractivity contribution in [1.29, 1.82) is 0 Å². The number of sulfonamides is 1. The van der Waals surface area contributed by atoms with Crippen molar-refractivity contribution in [2.75, 3.05) is 25.0 Å². The third-order valence-corrected chi connectivity index (χ3v) is 9.36. The van der Waals surface area contributed by atoms with Gasteiger partial charge in [-0.05, 0) is 35.7 Å². The highest BCUT2D eigenvalue weighted by atomic mass is 32.2. The van der Waals surface area contributed by atoms with E-state index in [4.69, 9.17) is 0 Å². The standard InChI is InChI=1S/C22H24N4O4S3/c1-3-26(4-2)33(29,30)16-9-7-15(8-10-16)21(28)25-12-11-17-19(14-25)32-22(23-17)24-20(27)18-6-5-13-31-18/h5-10,13H,3-4,11-12,14H2,1-2H3,(H,23,24,27). The van der Waals surface area contributed by atoms with Crippen molar-refractivity contribution in [2.24, 2.45) is 0 Å². The third kappa shape index (κ3) is 4.86. The van der Waals surface area contributed by atoms with E-state index in [2.05, 4.69) is 10.3 Å². The number of thiazole rings is 1. The van der Waals surface area contributed by atoms with Crippen LogP contribution in [-0.2, 0) is 23.0 Å². The smallest absolute Gasteiger partial charge is 0.267 e. The Morgan fingerprint density at radius 2 is 1.88 bits per heavy atom. The van der Waals surface area contributed by atoms with E-state index < -0.39 is 10.0 Å². The minimum absolute atomic E-state index is 0.162. The van der Waals surface area contributed by atoms with Crippen LogP contribution in [0.5, 0.6) is 0 Å². The van der Waals surface area contributed by atoms with Gasteiger partial charge in [0.05, 0.1) is 22.0 Å². The number of hydrogen-bond donors (Lipinski definition) is 1. The molecule has 33 heavy (non-hydrogen) atoms. The summed E-state index contributed by atoms with van der Waals surface area (Å²) in [6.07, 6.45) is 0.598. The van der Waals surface area contributed by atoms with Gasteiger partial charge < -0.3 is 4.90 Å². The first-order valence-electron chi connectivity index (χ1n) is 10.6. The molecule has 1 aliphatic heterocycles. The average Bonchev–Trinajstić information content (AvgIpc) is 3.48. The molecule has 3 aromatic rings. The van der Waals surface area contributed by atoms with Crippen LogP contribution < -0.4 is 5.32 Å². The second-order valence-corrected chi connectivity index (χ2v) is 11.4. The van der Waals surface area contributed by atoms with Crippen LogP contribution in [-0.4, -0.2) is 54.1 Å². The maximum Gasteiger partial charge on any atom is 0.267 e. The van der Waals surface area contributed by atoms with Crippen molar-refractivity contribution in [3.05, 3.63) is 62.8 Å². The molecule has 2 amide bonds. The second kappa shape index (κ2) is 9.72. The molecule has 8 nitrogen and oxygen atoms in total.